The maximum absolute atomic E-state index is 11.2. The van der Waals surface area contributed by atoms with Gasteiger partial charge in [0.15, 0.2) is 5.75 Å². The average molecular weight is 268 g/mol. The molecule has 0 aliphatic carbocycles. The first-order valence-electron chi connectivity index (χ1n) is 6.35. The molecule has 0 amide bonds. The number of hydrogen-bond acceptors (Lipinski definition) is 5. The van der Waals surface area contributed by atoms with Gasteiger partial charge in [-0.2, -0.15) is 0 Å². The number of hydrogen-bond donors (Lipinski definition) is 2. The van der Waals surface area contributed by atoms with Crippen molar-refractivity contribution >= 4 is 11.4 Å². The van der Waals surface area contributed by atoms with Crippen LogP contribution in [0.2, 0.25) is 0 Å². The normalized spacial score (nSPS) is 11.9. The van der Waals surface area contributed by atoms with Crippen molar-refractivity contribution in [2.75, 3.05) is 25.1 Å². The van der Waals surface area contributed by atoms with Gasteiger partial charge in [-0.15, -0.1) is 0 Å². The Kier molecular flexibility index (Phi) is 6.08. The predicted octanol–water partition coefficient (Wildman–Crippen LogP) is 2.42. The van der Waals surface area contributed by atoms with Crippen molar-refractivity contribution < 1.29 is 14.8 Å². The van der Waals surface area contributed by atoms with Crippen LogP contribution in [0.15, 0.2) is 18.2 Å². The lowest BCUT2D eigenvalue weighted by atomic mass is 10.2. The Hall–Kier alpha value is -1.82. The van der Waals surface area contributed by atoms with Crippen LogP contribution >= 0.6 is 0 Å². The predicted molar refractivity (Wildman–Crippen MR) is 73.6 cm³/mol. The van der Waals surface area contributed by atoms with Gasteiger partial charge in [0.25, 0.3) is 0 Å². The molecule has 0 heterocycles. The highest BCUT2D eigenvalue weighted by molar-refractivity contribution is 5.68. The van der Waals surface area contributed by atoms with Gasteiger partial charge in [-0.25, -0.2) is 0 Å². The van der Waals surface area contributed by atoms with Crippen LogP contribution in [0.3, 0.4) is 0 Å². The first-order chi connectivity index (χ1) is 9.10. The second kappa shape index (κ2) is 7.58. The third-order valence-electron chi connectivity index (χ3n) is 2.60. The van der Waals surface area contributed by atoms with Crippen LogP contribution in [0.5, 0.6) is 5.75 Å². The van der Waals surface area contributed by atoms with E-state index in [1.165, 1.54) is 0 Å². The number of rotatable bonds is 8. The molecule has 0 aliphatic heterocycles. The van der Waals surface area contributed by atoms with Gasteiger partial charge in [0.05, 0.1) is 11.5 Å². The van der Waals surface area contributed by atoms with E-state index in [1.54, 1.807) is 18.2 Å². The lowest BCUT2D eigenvalue weighted by molar-refractivity contribution is -0.385. The number of aliphatic hydroxyl groups excluding tert-OH is 1. The number of nitro groups is 1. The summed E-state index contributed by atoms with van der Waals surface area (Å²) in [4.78, 5) is 10.7. The molecule has 6 heteroatoms. The summed E-state index contributed by atoms with van der Waals surface area (Å²) >= 11 is 0. The molecule has 1 aromatic rings. The maximum Gasteiger partial charge on any atom is 0.333 e. The maximum atomic E-state index is 11.2. The second-order valence-corrected chi connectivity index (χ2v) is 4.43. The highest BCUT2D eigenvalue weighted by Crippen LogP contribution is 2.34. The van der Waals surface area contributed by atoms with Gasteiger partial charge in [-0.05, 0) is 24.5 Å². The molecule has 6 nitrogen and oxygen atoms in total. The molecule has 0 radical (unpaired) electrons. The summed E-state index contributed by atoms with van der Waals surface area (Å²) in [5, 5.41) is 23.1. The third kappa shape index (κ3) is 4.40. The summed E-state index contributed by atoms with van der Waals surface area (Å²) < 4.78 is 5.39. The van der Waals surface area contributed by atoms with Crippen LogP contribution < -0.4 is 10.1 Å². The number of aliphatic hydroxyl groups is 1. The number of para-hydroxylation sites is 1. The molecule has 19 heavy (non-hydrogen) atoms. The third-order valence-corrected chi connectivity index (χ3v) is 2.60. The van der Waals surface area contributed by atoms with Gasteiger partial charge < -0.3 is 15.2 Å². The van der Waals surface area contributed by atoms with E-state index in [1.807, 2.05) is 13.8 Å². The summed E-state index contributed by atoms with van der Waals surface area (Å²) in [5.41, 5.74) is 0.361. The van der Waals surface area contributed by atoms with E-state index in [-0.39, 0.29) is 24.0 Å². The molecule has 0 aromatic heterocycles. The summed E-state index contributed by atoms with van der Waals surface area (Å²) in [7, 11) is 0. The Morgan fingerprint density at radius 2 is 2.26 bits per heavy atom. The van der Waals surface area contributed by atoms with Crippen molar-refractivity contribution in [1.29, 1.82) is 0 Å². The van der Waals surface area contributed by atoms with Gasteiger partial charge >= 0.3 is 5.69 Å². The lowest BCUT2D eigenvalue weighted by Crippen LogP contribution is -2.15. The van der Waals surface area contributed by atoms with Crippen molar-refractivity contribution in [3.63, 3.8) is 0 Å². The van der Waals surface area contributed by atoms with E-state index in [0.717, 1.165) is 6.42 Å². The molecule has 0 saturated heterocycles. The Bertz CT molecular complexity index is 423. The lowest BCUT2D eigenvalue weighted by Gasteiger charge is -2.13. The minimum atomic E-state index is -0.447. The van der Waals surface area contributed by atoms with Crippen LogP contribution in [-0.2, 0) is 0 Å². The van der Waals surface area contributed by atoms with Gasteiger partial charge in [0, 0.05) is 13.2 Å². The number of nitrogens with one attached hydrogen (secondary N) is 1. The van der Waals surface area contributed by atoms with E-state index in [9.17, 15) is 10.1 Å². The number of anilines is 1. The summed E-state index contributed by atoms with van der Waals surface area (Å²) in [6.45, 7) is 4.74. The van der Waals surface area contributed by atoms with Gasteiger partial charge in [-0.1, -0.05) is 19.9 Å². The second-order valence-electron chi connectivity index (χ2n) is 4.43. The topological polar surface area (TPSA) is 84.6 Å². The molecule has 1 unspecified atom stereocenters. The van der Waals surface area contributed by atoms with Gasteiger partial charge in [0.2, 0.25) is 0 Å². The van der Waals surface area contributed by atoms with E-state index in [2.05, 4.69) is 5.32 Å². The molecule has 0 bridgehead atoms. The summed E-state index contributed by atoms with van der Waals surface area (Å²) in [6.07, 6.45) is 0.788. The fraction of sp³-hybridized carbons (Fsp3) is 0.538. The SMILES string of the molecule is CCCOc1cccc(NCC(C)CO)c1[N+](=O)[O-]. The summed E-state index contributed by atoms with van der Waals surface area (Å²) in [6, 6.07) is 4.94. The minimum Gasteiger partial charge on any atom is -0.487 e. The molecule has 106 valence electrons. The number of benzene rings is 1. The Balaban J connectivity index is 2.92. The van der Waals surface area contributed by atoms with E-state index >= 15 is 0 Å². The molecule has 1 atom stereocenters. The Morgan fingerprint density at radius 1 is 1.53 bits per heavy atom. The monoisotopic (exact) mass is 268 g/mol. The van der Waals surface area contributed by atoms with Crippen LogP contribution in [0, 0.1) is 16.0 Å². The molecule has 1 aromatic carbocycles. The first-order valence-corrected chi connectivity index (χ1v) is 6.35. The molecule has 0 fully saturated rings. The van der Waals surface area contributed by atoms with Crippen LogP contribution in [0.1, 0.15) is 20.3 Å². The molecule has 0 spiro atoms. The van der Waals surface area contributed by atoms with Gasteiger partial charge in [0.1, 0.15) is 5.69 Å². The number of ether oxygens (including phenoxy) is 1. The van der Waals surface area contributed by atoms with Crippen LogP contribution in [0.4, 0.5) is 11.4 Å². The molecule has 1 rings (SSSR count). The largest absolute Gasteiger partial charge is 0.487 e. The molecular formula is C13H20N2O4. The zero-order valence-electron chi connectivity index (χ0n) is 11.3. The van der Waals surface area contributed by atoms with Crippen molar-refractivity contribution in [3.8, 4) is 5.75 Å². The van der Waals surface area contributed by atoms with Crippen LogP contribution in [0.25, 0.3) is 0 Å². The zero-order valence-corrected chi connectivity index (χ0v) is 11.3. The first kappa shape index (κ1) is 15.2. The zero-order chi connectivity index (χ0) is 14.3. The fourth-order valence-corrected chi connectivity index (χ4v) is 1.53. The van der Waals surface area contributed by atoms with Crippen molar-refractivity contribution in [2.45, 2.75) is 20.3 Å². The average Bonchev–Trinajstić information content (AvgIpc) is 2.41. The number of nitrogens with zero attached hydrogens (tertiary/aromatic N) is 1. The standard InChI is InChI=1S/C13H20N2O4/c1-3-7-19-12-6-4-5-11(13(12)15(17)18)14-8-10(2)9-16/h4-6,10,14,16H,3,7-9H2,1-2H3. The van der Waals surface area contributed by atoms with Crippen molar-refractivity contribution in [2.24, 2.45) is 5.92 Å². The molecular weight excluding hydrogens is 248 g/mol. The summed E-state index contributed by atoms with van der Waals surface area (Å²) in [5.74, 6) is 0.299. The van der Waals surface area contributed by atoms with E-state index in [0.29, 0.717) is 18.8 Å². The van der Waals surface area contributed by atoms with E-state index < -0.39 is 4.92 Å². The van der Waals surface area contributed by atoms with Crippen molar-refractivity contribution in [1.82, 2.24) is 0 Å². The van der Waals surface area contributed by atoms with E-state index in [4.69, 9.17) is 9.84 Å². The highest BCUT2D eigenvalue weighted by atomic mass is 16.6. The van der Waals surface area contributed by atoms with Crippen molar-refractivity contribution in [3.05, 3.63) is 28.3 Å². The molecule has 0 saturated carbocycles. The molecule has 2 N–H and O–H groups in total. The minimum absolute atomic E-state index is 0.0276. The molecule has 0 aliphatic rings. The Labute approximate surface area is 112 Å². The highest BCUT2D eigenvalue weighted by Gasteiger charge is 2.21. The Morgan fingerprint density at radius 3 is 2.84 bits per heavy atom. The van der Waals surface area contributed by atoms with Crippen LogP contribution in [-0.4, -0.2) is 29.8 Å². The quantitative estimate of drug-likeness (QED) is 0.558. The number of nitro benzene ring substituents is 1. The fourth-order valence-electron chi connectivity index (χ4n) is 1.53. The van der Waals surface area contributed by atoms with Gasteiger partial charge in [-0.3, -0.25) is 10.1 Å². The smallest absolute Gasteiger partial charge is 0.333 e.